The largest absolute Gasteiger partial charge is 0.357 e. The molecule has 0 N–H and O–H groups in total. The lowest BCUT2D eigenvalue weighted by molar-refractivity contribution is 0.0929. The lowest BCUT2D eigenvalue weighted by Gasteiger charge is -2.19. The molecule has 4 heteroatoms. The van der Waals surface area contributed by atoms with Crippen LogP contribution in [0.3, 0.4) is 0 Å². The zero-order chi connectivity index (χ0) is 13.7. The zero-order valence-electron chi connectivity index (χ0n) is 11.4. The van der Waals surface area contributed by atoms with E-state index >= 15 is 0 Å². The van der Waals surface area contributed by atoms with E-state index < -0.39 is 0 Å². The van der Waals surface area contributed by atoms with Crippen LogP contribution in [0.1, 0.15) is 22.8 Å². The lowest BCUT2D eigenvalue weighted by Crippen LogP contribution is -2.29. The summed E-state index contributed by atoms with van der Waals surface area (Å²) in [6.07, 6.45) is 7.32. The molecule has 2 rings (SSSR count). The Kier molecular flexibility index (Phi) is 4.47. The first-order valence-electron chi connectivity index (χ1n) is 6.45. The first-order valence-corrected chi connectivity index (χ1v) is 6.45. The van der Waals surface area contributed by atoms with Gasteiger partial charge in [-0.1, -0.05) is 6.92 Å². The van der Waals surface area contributed by atoms with Crippen molar-refractivity contribution in [3.8, 4) is 0 Å². The first kappa shape index (κ1) is 13.5. The van der Waals surface area contributed by atoms with Crippen LogP contribution < -0.4 is 0 Å². The topological polar surface area (TPSA) is 38.1 Å². The zero-order valence-corrected chi connectivity index (χ0v) is 11.4. The molecule has 0 aromatic carbocycles. The van der Waals surface area contributed by atoms with Crippen LogP contribution in [-0.4, -0.2) is 33.3 Å². The molecular weight excluding hydrogens is 238 g/mol. The summed E-state index contributed by atoms with van der Waals surface area (Å²) in [5, 5.41) is 0. The van der Waals surface area contributed by atoms with Gasteiger partial charge in [0.1, 0.15) is 0 Å². The summed E-state index contributed by atoms with van der Waals surface area (Å²) in [6, 6.07) is 5.83. The van der Waals surface area contributed by atoms with E-state index in [2.05, 4.69) is 16.8 Å². The van der Waals surface area contributed by atoms with Crippen molar-refractivity contribution in [3.63, 3.8) is 0 Å². The van der Waals surface area contributed by atoms with Gasteiger partial charge in [0.15, 0.2) is 5.78 Å². The summed E-state index contributed by atoms with van der Waals surface area (Å²) < 4.78 is 1.90. The average Bonchev–Trinajstić information content (AvgIpc) is 2.86. The van der Waals surface area contributed by atoms with Gasteiger partial charge in [0.05, 0.1) is 6.54 Å². The van der Waals surface area contributed by atoms with E-state index in [1.165, 1.54) is 5.56 Å². The number of carbonyl (C=O) groups excluding carboxylic acids is 1. The molecule has 0 unspecified atom stereocenters. The maximum absolute atomic E-state index is 12.2. The third-order valence-corrected chi connectivity index (χ3v) is 3.12. The van der Waals surface area contributed by atoms with Crippen LogP contribution >= 0.6 is 0 Å². The normalized spacial score (nSPS) is 10.9. The second-order valence-electron chi connectivity index (χ2n) is 4.65. The van der Waals surface area contributed by atoms with Crippen LogP contribution in [-0.2, 0) is 13.6 Å². The van der Waals surface area contributed by atoms with Gasteiger partial charge >= 0.3 is 0 Å². The minimum absolute atomic E-state index is 0.163. The van der Waals surface area contributed by atoms with Gasteiger partial charge in [0.2, 0.25) is 0 Å². The number of hydrogen-bond donors (Lipinski definition) is 0. The Hall–Kier alpha value is -1.94. The van der Waals surface area contributed by atoms with E-state index in [1.807, 2.05) is 42.2 Å². The van der Waals surface area contributed by atoms with Crippen LogP contribution in [0, 0.1) is 0 Å². The molecule has 0 aliphatic rings. The monoisotopic (exact) mass is 257 g/mol. The second-order valence-corrected chi connectivity index (χ2v) is 4.65. The summed E-state index contributed by atoms with van der Waals surface area (Å²) in [4.78, 5) is 18.3. The van der Waals surface area contributed by atoms with Gasteiger partial charge < -0.3 is 4.57 Å². The van der Waals surface area contributed by atoms with Crippen molar-refractivity contribution in [3.05, 3.63) is 54.1 Å². The molecule has 100 valence electrons. The fraction of sp³-hybridized carbons (Fsp3) is 0.333. The summed E-state index contributed by atoms with van der Waals surface area (Å²) in [5.74, 6) is 0.163. The number of rotatable bonds is 6. The molecule has 19 heavy (non-hydrogen) atoms. The van der Waals surface area contributed by atoms with E-state index in [9.17, 15) is 4.79 Å². The molecule has 2 aromatic rings. The maximum Gasteiger partial charge on any atom is 0.178 e. The van der Waals surface area contributed by atoms with Crippen molar-refractivity contribution >= 4 is 5.78 Å². The predicted octanol–water partition coefficient (Wildman–Crippen LogP) is 2.12. The van der Waals surface area contributed by atoms with Crippen LogP contribution in [0.15, 0.2) is 43.0 Å². The smallest absolute Gasteiger partial charge is 0.178 e. The van der Waals surface area contributed by atoms with Crippen LogP contribution in [0.4, 0.5) is 0 Å². The van der Waals surface area contributed by atoms with Crippen molar-refractivity contribution < 1.29 is 4.79 Å². The molecule has 0 atom stereocenters. The summed E-state index contributed by atoms with van der Waals surface area (Å²) in [6.45, 7) is 4.14. The number of aryl methyl sites for hydroxylation is 1. The van der Waals surface area contributed by atoms with Crippen molar-refractivity contribution in [2.24, 2.45) is 7.05 Å². The van der Waals surface area contributed by atoms with Crippen molar-refractivity contribution in [1.29, 1.82) is 0 Å². The number of nitrogens with zero attached hydrogens (tertiary/aromatic N) is 3. The van der Waals surface area contributed by atoms with E-state index in [0.717, 1.165) is 18.7 Å². The van der Waals surface area contributed by atoms with Crippen molar-refractivity contribution in [2.45, 2.75) is 13.5 Å². The fourth-order valence-corrected chi connectivity index (χ4v) is 1.99. The van der Waals surface area contributed by atoms with Crippen LogP contribution in [0.2, 0.25) is 0 Å². The highest BCUT2D eigenvalue weighted by Crippen LogP contribution is 2.06. The molecular formula is C15H19N3O. The SMILES string of the molecule is CCN(CC(=O)c1ccn(C)c1)Cc1ccncc1. The van der Waals surface area contributed by atoms with Gasteiger partial charge in [0, 0.05) is 43.9 Å². The lowest BCUT2D eigenvalue weighted by atomic mass is 10.2. The highest BCUT2D eigenvalue weighted by molar-refractivity contribution is 5.97. The summed E-state index contributed by atoms with van der Waals surface area (Å²) in [5.41, 5.74) is 1.95. The van der Waals surface area contributed by atoms with Crippen molar-refractivity contribution in [1.82, 2.24) is 14.5 Å². The Morgan fingerprint density at radius 2 is 2.05 bits per heavy atom. The highest BCUT2D eigenvalue weighted by atomic mass is 16.1. The molecule has 0 radical (unpaired) electrons. The number of likely N-dealkylation sites (N-methyl/N-ethyl adjacent to an activating group) is 1. The molecule has 2 heterocycles. The van der Waals surface area contributed by atoms with Crippen LogP contribution in [0.5, 0.6) is 0 Å². The van der Waals surface area contributed by atoms with Gasteiger partial charge in [-0.3, -0.25) is 14.7 Å². The molecule has 0 fully saturated rings. The molecule has 0 aliphatic carbocycles. The van der Waals surface area contributed by atoms with E-state index in [0.29, 0.717) is 6.54 Å². The standard InChI is InChI=1S/C15H19N3O/c1-3-18(10-13-4-7-16-8-5-13)12-15(19)14-6-9-17(2)11-14/h4-9,11H,3,10,12H2,1-2H3. The second kappa shape index (κ2) is 6.29. The first-order chi connectivity index (χ1) is 9.19. The summed E-state index contributed by atoms with van der Waals surface area (Å²) >= 11 is 0. The van der Waals surface area contributed by atoms with Gasteiger partial charge in [-0.2, -0.15) is 0 Å². The Bertz CT molecular complexity index is 533. The minimum Gasteiger partial charge on any atom is -0.357 e. The number of Topliss-reactive ketones (excluding diaryl/α,β-unsaturated/α-hetero) is 1. The van der Waals surface area contributed by atoms with Gasteiger partial charge in [-0.25, -0.2) is 0 Å². The Morgan fingerprint density at radius 3 is 2.63 bits per heavy atom. The molecule has 0 bridgehead atoms. The number of pyridine rings is 1. The molecule has 2 aromatic heterocycles. The average molecular weight is 257 g/mol. The van der Waals surface area contributed by atoms with Gasteiger partial charge in [0.25, 0.3) is 0 Å². The fourth-order valence-electron chi connectivity index (χ4n) is 1.99. The van der Waals surface area contributed by atoms with E-state index in [4.69, 9.17) is 0 Å². The quantitative estimate of drug-likeness (QED) is 0.744. The van der Waals surface area contributed by atoms with E-state index in [-0.39, 0.29) is 5.78 Å². The molecule has 0 saturated carbocycles. The maximum atomic E-state index is 12.2. The third kappa shape index (κ3) is 3.76. The van der Waals surface area contributed by atoms with E-state index in [1.54, 1.807) is 12.4 Å². The number of hydrogen-bond acceptors (Lipinski definition) is 3. The highest BCUT2D eigenvalue weighted by Gasteiger charge is 2.12. The van der Waals surface area contributed by atoms with Gasteiger partial charge in [-0.15, -0.1) is 0 Å². The van der Waals surface area contributed by atoms with Gasteiger partial charge in [-0.05, 0) is 30.3 Å². The molecule has 0 aliphatic heterocycles. The number of aromatic nitrogens is 2. The summed E-state index contributed by atoms with van der Waals surface area (Å²) in [7, 11) is 1.92. The third-order valence-electron chi connectivity index (χ3n) is 3.12. The molecule has 0 amide bonds. The van der Waals surface area contributed by atoms with Crippen molar-refractivity contribution in [2.75, 3.05) is 13.1 Å². The Balaban J connectivity index is 1.97. The number of carbonyl (C=O) groups is 1. The van der Waals surface area contributed by atoms with Crippen LogP contribution in [0.25, 0.3) is 0 Å². The molecule has 0 saturated heterocycles. The Morgan fingerprint density at radius 1 is 1.32 bits per heavy atom. The molecule has 4 nitrogen and oxygen atoms in total. The molecule has 0 spiro atoms. The predicted molar refractivity (Wildman–Crippen MR) is 74.9 cm³/mol. The Labute approximate surface area is 113 Å². The number of ketones is 1. The minimum atomic E-state index is 0.163.